The van der Waals surface area contributed by atoms with Crippen LogP contribution in [0.5, 0.6) is 5.75 Å². The van der Waals surface area contributed by atoms with Crippen LogP contribution in [0.25, 0.3) is 11.3 Å². The molecular weight excluding hydrogens is 469 g/mol. The number of aromatic nitrogens is 1. The van der Waals surface area contributed by atoms with Gasteiger partial charge in [0.1, 0.15) is 22.8 Å². The van der Waals surface area contributed by atoms with E-state index in [-0.39, 0.29) is 28.9 Å². The summed E-state index contributed by atoms with van der Waals surface area (Å²) in [5.74, 6) is -0.824. The minimum Gasteiger partial charge on any atom is -0.508 e. The van der Waals surface area contributed by atoms with Crippen LogP contribution in [0.3, 0.4) is 0 Å². The lowest BCUT2D eigenvalue weighted by atomic mass is 10.1. The number of halogens is 2. The molecule has 1 saturated heterocycles. The van der Waals surface area contributed by atoms with Gasteiger partial charge in [-0.25, -0.2) is 17.8 Å². The van der Waals surface area contributed by atoms with Gasteiger partial charge < -0.3 is 10.4 Å². The van der Waals surface area contributed by atoms with Crippen LogP contribution in [0.2, 0.25) is 5.15 Å². The number of carbonyl (C=O) groups is 1. The van der Waals surface area contributed by atoms with Crippen LogP contribution in [0.1, 0.15) is 18.4 Å². The van der Waals surface area contributed by atoms with Crippen LogP contribution in [0.15, 0.2) is 65.6 Å². The van der Waals surface area contributed by atoms with Gasteiger partial charge >= 0.3 is 0 Å². The van der Waals surface area contributed by atoms with Crippen molar-refractivity contribution >= 4 is 27.5 Å². The van der Waals surface area contributed by atoms with Gasteiger partial charge in [-0.3, -0.25) is 4.79 Å². The first-order chi connectivity index (χ1) is 15.7. The third kappa shape index (κ3) is 5.16. The summed E-state index contributed by atoms with van der Waals surface area (Å²) >= 11 is 6.15. The van der Waals surface area contributed by atoms with Gasteiger partial charge in [-0.2, -0.15) is 4.31 Å². The van der Waals surface area contributed by atoms with Gasteiger partial charge in [0.25, 0.3) is 0 Å². The van der Waals surface area contributed by atoms with Gasteiger partial charge in [0, 0.05) is 18.7 Å². The summed E-state index contributed by atoms with van der Waals surface area (Å²) in [7, 11) is -3.93. The van der Waals surface area contributed by atoms with Crippen molar-refractivity contribution in [2.75, 3.05) is 6.54 Å². The van der Waals surface area contributed by atoms with Crippen LogP contribution in [0, 0.1) is 5.82 Å². The summed E-state index contributed by atoms with van der Waals surface area (Å²) in [5, 5.41) is 12.5. The minimum atomic E-state index is -3.93. The number of phenolic OH excluding ortho intramolecular Hbond substituents is 1. The first-order valence-corrected chi connectivity index (χ1v) is 12.1. The molecule has 0 radical (unpaired) electrons. The van der Waals surface area contributed by atoms with E-state index in [9.17, 15) is 22.7 Å². The molecule has 2 heterocycles. The molecule has 0 saturated carbocycles. The topological polar surface area (TPSA) is 99.6 Å². The van der Waals surface area contributed by atoms with E-state index in [0.29, 0.717) is 24.1 Å². The lowest BCUT2D eigenvalue weighted by Crippen LogP contribution is -2.45. The molecule has 0 spiro atoms. The number of hydrogen-bond acceptors (Lipinski definition) is 5. The maximum absolute atomic E-state index is 13.2. The Morgan fingerprint density at radius 3 is 2.55 bits per heavy atom. The molecule has 1 aliphatic rings. The zero-order chi connectivity index (χ0) is 23.6. The Labute approximate surface area is 195 Å². The number of aromatic hydroxyl groups is 1. The quantitative estimate of drug-likeness (QED) is 0.514. The average molecular weight is 490 g/mol. The Balaban J connectivity index is 1.48. The zero-order valence-corrected chi connectivity index (χ0v) is 19.0. The van der Waals surface area contributed by atoms with Crippen LogP contribution >= 0.6 is 11.6 Å². The van der Waals surface area contributed by atoms with Gasteiger partial charge in [-0.15, -0.1) is 0 Å². The number of pyridine rings is 1. The molecule has 172 valence electrons. The number of amides is 1. The van der Waals surface area contributed by atoms with Gasteiger partial charge in [-0.05, 0) is 79.1 Å². The molecule has 0 aliphatic carbocycles. The number of rotatable bonds is 6. The summed E-state index contributed by atoms with van der Waals surface area (Å²) in [6.45, 7) is 0.344. The van der Waals surface area contributed by atoms with Gasteiger partial charge in [0.05, 0.1) is 10.6 Å². The minimum absolute atomic E-state index is 0.0527. The number of hydrogen-bond donors (Lipinski definition) is 2. The summed E-state index contributed by atoms with van der Waals surface area (Å²) in [6, 6.07) is 13.6. The molecule has 2 aromatic carbocycles. The fraction of sp³-hybridized carbons (Fsp3) is 0.217. The molecule has 1 aliphatic heterocycles. The highest BCUT2D eigenvalue weighted by molar-refractivity contribution is 7.89. The Bertz CT molecular complexity index is 1270. The lowest BCUT2D eigenvalue weighted by Gasteiger charge is -2.23. The number of nitrogens with one attached hydrogen (secondary N) is 1. The maximum Gasteiger partial charge on any atom is 0.243 e. The Kier molecular flexibility index (Phi) is 6.64. The molecule has 3 aromatic rings. The van der Waals surface area contributed by atoms with E-state index in [2.05, 4.69) is 10.3 Å². The van der Waals surface area contributed by atoms with Crippen molar-refractivity contribution in [3.05, 3.63) is 77.2 Å². The van der Waals surface area contributed by atoms with Gasteiger partial charge in [0.15, 0.2) is 0 Å². The van der Waals surface area contributed by atoms with Crippen molar-refractivity contribution in [2.45, 2.75) is 30.3 Å². The summed E-state index contributed by atoms with van der Waals surface area (Å²) < 4.78 is 40.3. The Hall–Kier alpha value is -3.01. The predicted octanol–water partition coefficient (Wildman–Crippen LogP) is 3.72. The molecule has 10 heteroatoms. The molecule has 7 nitrogen and oxygen atoms in total. The standard InChI is InChI=1S/C23H21ClFN3O4S/c24-22-13-15(12-20(27-22)16-3-7-18(29)8-4-16)14-26-23(30)21-2-1-11-28(21)33(31,32)19-9-5-17(25)6-10-19/h3-10,12-13,21,29H,1-2,11,14H2,(H,26,30). The van der Waals surface area contributed by atoms with E-state index < -0.39 is 27.8 Å². The van der Waals surface area contributed by atoms with E-state index in [1.165, 1.54) is 24.3 Å². The molecule has 4 rings (SSSR count). The van der Waals surface area contributed by atoms with Crippen molar-refractivity contribution in [3.8, 4) is 17.0 Å². The van der Waals surface area contributed by atoms with E-state index in [1.807, 2.05) is 0 Å². The second-order valence-electron chi connectivity index (χ2n) is 7.68. The largest absolute Gasteiger partial charge is 0.508 e. The van der Waals surface area contributed by atoms with Crippen LogP contribution in [0.4, 0.5) is 4.39 Å². The second-order valence-corrected chi connectivity index (χ2v) is 9.95. The monoisotopic (exact) mass is 489 g/mol. The predicted molar refractivity (Wildman–Crippen MR) is 122 cm³/mol. The molecule has 2 N–H and O–H groups in total. The third-order valence-corrected chi connectivity index (χ3v) is 7.53. The van der Waals surface area contributed by atoms with E-state index in [4.69, 9.17) is 11.6 Å². The number of phenols is 1. The summed E-state index contributed by atoms with van der Waals surface area (Å²) in [4.78, 5) is 17.1. The highest BCUT2D eigenvalue weighted by Crippen LogP contribution is 2.27. The van der Waals surface area contributed by atoms with Crippen molar-refractivity contribution in [3.63, 3.8) is 0 Å². The first-order valence-electron chi connectivity index (χ1n) is 10.2. The molecule has 33 heavy (non-hydrogen) atoms. The van der Waals surface area contributed by atoms with Crippen molar-refractivity contribution < 1.29 is 22.7 Å². The first kappa shape index (κ1) is 23.2. The molecule has 1 unspecified atom stereocenters. The summed E-state index contributed by atoms with van der Waals surface area (Å²) in [6.07, 6.45) is 0.937. The Morgan fingerprint density at radius 1 is 1.15 bits per heavy atom. The fourth-order valence-corrected chi connectivity index (χ4v) is 5.66. The fourth-order valence-electron chi connectivity index (χ4n) is 3.77. The number of benzene rings is 2. The highest BCUT2D eigenvalue weighted by atomic mass is 35.5. The van der Waals surface area contributed by atoms with E-state index >= 15 is 0 Å². The summed E-state index contributed by atoms with van der Waals surface area (Å²) in [5.41, 5.74) is 2.01. The van der Waals surface area contributed by atoms with Gasteiger partial charge in [0.2, 0.25) is 15.9 Å². The van der Waals surface area contributed by atoms with Crippen LogP contribution in [-0.4, -0.2) is 41.3 Å². The lowest BCUT2D eigenvalue weighted by molar-refractivity contribution is -0.124. The average Bonchev–Trinajstić information content (AvgIpc) is 3.29. The smallest absolute Gasteiger partial charge is 0.243 e. The molecule has 1 aromatic heterocycles. The third-order valence-electron chi connectivity index (χ3n) is 5.41. The van der Waals surface area contributed by atoms with Crippen LogP contribution in [-0.2, 0) is 21.4 Å². The van der Waals surface area contributed by atoms with Crippen molar-refractivity contribution in [2.24, 2.45) is 0 Å². The number of sulfonamides is 1. The number of nitrogens with zero attached hydrogens (tertiary/aromatic N) is 2. The van der Waals surface area contributed by atoms with Crippen molar-refractivity contribution in [1.29, 1.82) is 0 Å². The molecule has 1 fully saturated rings. The molecule has 1 atom stereocenters. The van der Waals surface area contributed by atoms with E-state index in [0.717, 1.165) is 22.0 Å². The van der Waals surface area contributed by atoms with E-state index in [1.54, 1.807) is 24.3 Å². The SMILES string of the molecule is O=C(NCc1cc(Cl)nc(-c2ccc(O)cc2)c1)C1CCCN1S(=O)(=O)c1ccc(F)cc1. The van der Waals surface area contributed by atoms with Crippen molar-refractivity contribution in [1.82, 2.24) is 14.6 Å². The Morgan fingerprint density at radius 2 is 1.85 bits per heavy atom. The normalized spacial score (nSPS) is 16.6. The second kappa shape index (κ2) is 9.46. The zero-order valence-electron chi connectivity index (χ0n) is 17.4. The number of carbonyl (C=O) groups excluding carboxylic acids is 1. The molecular formula is C23H21ClFN3O4S. The molecule has 1 amide bonds. The maximum atomic E-state index is 13.2. The van der Waals surface area contributed by atoms with Gasteiger partial charge in [-0.1, -0.05) is 11.6 Å². The highest BCUT2D eigenvalue weighted by Gasteiger charge is 2.39. The van der Waals surface area contributed by atoms with Crippen LogP contribution < -0.4 is 5.32 Å². The molecule has 0 bridgehead atoms.